The van der Waals surface area contributed by atoms with Gasteiger partial charge < -0.3 is 9.80 Å². The molecule has 5 heteroatoms. The molecule has 2 heterocycles. The number of amides is 1. The van der Waals surface area contributed by atoms with Crippen LogP contribution < -0.4 is 0 Å². The Balaban J connectivity index is 1.54. The molecule has 1 aromatic heterocycles. The zero-order chi connectivity index (χ0) is 17.8. The fourth-order valence-electron chi connectivity index (χ4n) is 3.44. The molecular formula is C20H24FN3O. The molecule has 0 saturated carbocycles. The minimum atomic E-state index is -0.270. The number of nitrogens with zero attached hydrogens (tertiary/aromatic N) is 3. The van der Waals surface area contributed by atoms with Crippen molar-refractivity contribution in [2.24, 2.45) is 5.92 Å². The van der Waals surface area contributed by atoms with Crippen LogP contribution in [0.2, 0.25) is 0 Å². The summed E-state index contributed by atoms with van der Waals surface area (Å²) in [6.07, 6.45) is 4.67. The van der Waals surface area contributed by atoms with Crippen molar-refractivity contribution in [3.05, 3.63) is 65.2 Å². The van der Waals surface area contributed by atoms with Gasteiger partial charge in [-0.3, -0.25) is 9.78 Å². The van der Waals surface area contributed by atoms with Crippen molar-refractivity contribution in [2.45, 2.75) is 19.9 Å². The van der Waals surface area contributed by atoms with Gasteiger partial charge >= 0.3 is 0 Å². The molecule has 4 nitrogen and oxygen atoms in total. The summed E-state index contributed by atoms with van der Waals surface area (Å²) in [5.41, 5.74) is 2.28. The van der Waals surface area contributed by atoms with Gasteiger partial charge in [0.05, 0.1) is 0 Å². The molecule has 0 spiro atoms. The van der Waals surface area contributed by atoms with Gasteiger partial charge in [-0.15, -0.1) is 0 Å². The summed E-state index contributed by atoms with van der Waals surface area (Å²) in [7, 11) is 2.10. The number of benzene rings is 1. The SMILES string of the molecule is Cc1cc(C(=O)N2CC[C@H](CN(C)Cc3cccnc3)C2)ccc1F. The van der Waals surface area contributed by atoms with Gasteiger partial charge in [-0.25, -0.2) is 4.39 Å². The van der Waals surface area contributed by atoms with Crippen LogP contribution in [0.1, 0.15) is 27.9 Å². The van der Waals surface area contributed by atoms with Crippen LogP contribution in [0, 0.1) is 18.7 Å². The van der Waals surface area contributed by atoms with Crippen LogP contribution in [-0.4, -0.2) is 47.4 Å². The molecule has 1 saturated heterocycles. The van der Waals surface area contributed by atoms with Crippen molar-refractivity contribution in [1.82, 2.24) is 14.8 Å². The first-order valence-corrected chi connectivity index (χ1v) is 8.66. The van der Waals surface area contributed by atoms with Crippen LogP contribution in [0.3, 0.4) is 0 Å². The molecule has 0 unspecified atom stereocenters. The number of aryl methyl sites for hydroxylation is 1. The number of carbonyl (C=O) groups excluding carboxylic acids is 1. The summed E-state index contributed by atoms with van der Waals surface area (Å²) in [4.78, 5) is 20.9. The normalized spacial score (nSPS) is 17.3. The summed E-state index contributed by atoms with van der Waals surface area (Å²) in [6, 6.07) is 8.61. The van der Waals surface area contributed by atoms with Crippen LogP contribution in [-0.2, 0) is 6.54 Å². The maximum Gasteiger partial charge on any atom is 0.253 e. The smallest absolute Gasteiger partial charge is 0.253 e. The summed E-state index contributed by atoms with van der Waals surface area (Å²) in [5, 5.41) is 0. The van der Waals surface area contributed by atoms with Crippen molar-refractivity contribution in [1.29, 1.82) is 0 Å². The van der Waals surface area contributed by atoms with E-state index >= 15 is 0 Å². The summed E-state index contributed by atoms with van der Waals surface area (Å²) < 4.78 is 13.4. The maximum absolute atomic E-state index is 13.4. The van der Waals surface area contributed by atoms with Crippen molar-refractivity contribution in [2.75, 3.05) is 26.7 Å². The zero-order valence-electron chi connectivity index (χ0n) is 14.8. The average Bonchev–Trinajstić information content (AvgIpc) is 3.06. The van der Waals surface area contributed by atoms with Gasteiger partial charge in [0.1, 0.15) is 5.82 Å². The fraction of sp³-hybridized carbons (Fsp3) is 0.400. The largest absolute Gasteiger partial charge is 0.338 e. The Morgan fingerprint density at radius 1 is 1.40 bits per heavy atom. The van der Waals surface area contributed by atoms with E-state index in [1.807, 2.05) is 17.2 Å². The Morgan fingerprint density at radius 3 is 2.96 bits per heavy atom. The summed E-state index contributed by atoms with van der Waals surface area (Å²) >= 11 is 0. The van der Waals surface area contributed by atoms with E-state index in [9.17, 15) is 9.18 Å². The molecule has 1 amide bonds. The molecule has 1 aliphatic heterocycles. The van der Waals surface area contributed by atoms with Gasteiger partial charge in [0, 0.05) is 44.1 Å². The fourth-order valence-corrected chi connectivity index (χ4v) is 3.44. The lowest BCUT2D eigenvalue weighted by molar-refractivity contribution is 0.0784. The highest BCUT2D eigenvalue weighted by Crippen LogP contribution is 2.21. The highest BCUT2D eigenvalue weighted by Gasteiger charge is 2.27. The van der Waals surface area contributed by atoms with Gasteiger partial charge in [0.2, 0.25) is 0 Å². The lowest BCUT2D eigenvalue weighted by atomic mass is 10.1. The Kier molecular flexibility index (Phi) is 5.43. The quantitative estimate of drug-likeness (QED) is 0.838. The molecule has 1 atom stereocenters. The van der Waals surface area contributed by atoms with E-state index in [4.69, 9.17) is 0 Å². The second kappa shape index (κ2) is 7.74. The molecule has 2 aromatic rings. The van der Waals surface area contributed by atoms with Crippen molar-refractivity contribution < 1.29 is 9.18 Å². The van der Waals surface area contributed by atoms with Crippen LogP contribution >= 0.6 is 0 Å². The van der Waals surface area contributed by atoms with Crippen LogP contribution in [0.4, 0.5) is 4.39 Å². The second-order valence-electron chi connectivity index (χ2n) is 6.93. The Bertz CT molecular complexity index is 735. The number of rotatable bonds is 5. The first-order chi connectivity index (χ1) is 12.0. The van der Waals surface area contributed by atoms with Gasteiger partial charge in [0.25, 0.3) is 5.91 Å². The monoisotopic (exact) mass is 341 g/mol. The predicted molar refractivity (Wildman–Crippen MR) is 95.7 cm³/mol. The molecule has 1 fully saturated rings. The van der Waals surface area contributed by atoms with Crippen LogP contribution in [0.15, 0.2) is 42.7 Å². The van der Waals surface area contributed by atoms with E-state index in [0.29, 0.717) is 17.0 Å². The first kappa shape index (κ1) is 17.5. The number of halogens is 1. The van der Waals surface area contributed by atoms with E-state index in [1.165, 1.54) is 11.6 Å². The summed E-state index contributed by atoms with van der Waals surface area (Å²) in [6.45, 7) is 5.01. The summed E-state index contributed by atoms with van der Waals surface area (Å²) in [5.74, 6) is 0.195. The molecule has 132 valence electrons. The van der Waals surface area contributed by atoms with Crippen LogP contribution in [0.5, 0.6) is 0 Å². The van der Waals surface area contributed by atoms with Gasteiger partial charge in [-0.05, 0) is 61.7 Å². The van der Waals surface area contributed by atoms with E-state index in [2.05, 4.69) is 23.0 Å². The first-order valence-electron chi connectivity index (χ1n) is 8.66. The number of likely N-dealkylation sites (tertiary alicyclic amines) is 1. The topological polar surface area (TPSA) is 36.4 Å². The number of aromatic nitrogens is 1. The average molecular weight is 341 g/mol. The molecule has 0 N–H and O–H groups in total. The van der Waals surface area contributed by atoms with E-state index < -0.39 is 0 Å². The number of pyridine rings is 1. The second-order valence-corrected chi connectivity index (χ2v) is 6.93. The number of carbonyl (C=O) groups is 1. The Labute approximate surface area is 148 Å². The molecule has 25 heavy (non-hydrogen) atoms. The lowest BCUT2D eigenvalue weighted by Gasteiger charge is -2.21. The minimum Gasteiger partial charge on any atom is -0.338 e. The molecule has 1 aliphatic rings. The van der Waals surface area contributed by atoms with Gasteiger partial charge in [-0.1, -0.05) is 6.07 Å². The molecule has 1 aromatic carbocycles. The molecule has 0 aliphatic carbocycles. The van der Waals surface area contributed by atoms with E-state index in [1.54, 1.807) is 25.3 Å². The molecule has 0 radical (unpaired) electrons. The third-order valence-corrected chi connectivity index (χ3v) is 4.72. The van der Waals surface area contributed by atoms with Crippen LogP contribution in [0.25, 0.3) is 0 Å². The highest BCUT2D eigenvalue weighted by molar-refractivity contribution is 5.94. The number of hydrogen-bond donors (Lipinski definition) is 0. The molecule has 3 rings (SSSR count). The van der Waals surface area contributed by atoms with Gasteiger partial charge in [0.15, 0.2) is 0 Å². The molecular weight excluding hydrogens is 317 g/mol. The van der Waals surface area contributed by atoms with Crippen molar-refractivity contribution in [3.8, 4) is 0 Å². The maximum atomic E-state index is 13.4. The molecule has 0 bridgehead atoms. The van der Waals surface area contributed by atoms with E-state index in [-0.39, 0.29) is 11.7 Å². The van der Waals surface area contributed by atoms with Crippen molar-refractivity contribution >= 4 is 5.91 Å². The highest BCUT2D eigenvalue weighted by atomic mass is 19.1. The minimum absolute atomic E-state index is 0.000474. The Hall–Kier alpha value is -2.27. The third kappa shape index (κ3) is 4.42. The van der Waals surface area contributed by atoms with Crippen molar-refractivity contribution in [3.63, 3.8) is 0 Å². The van der Waals surface area contributed by atoms with Gasteiger partial charge in [-0.2, -0.15) is 0 Å². The Morgan fingerprint density at radius 2 is 2.24 bits per heavy atom. The third-order valence-electron chi connectivity index (χ3n) is 4.72. The van der Waals surface area contributed by atoms with E-state index in [0.717, 1.165) is 32.6 Å². The zero-order valence-corrected chi connectivity index (χ0v) is 14.8. The number of hydrogen-bond acceptors (Lipinski definition) is 3. The standard InChI is InChI=1S/C20H24FN3O/c1-15-10-18(5-6-19(15)21)20(25)24-9-7-17(14-24)13-23(2)12-16-4-3-8-22-11-16/h3-6,8,10-11,17H,7,9,12-14H2,1-2H3/t17-/m1/s1. The lowest BCUT2D eigenvalue weighted by Crippen LogP contribution is -2.31. The predicted octanol–water partition coefficient (Wildman–Crippen LogP) is 3.12.